The summed E-state index contributed by atoms with van der Waals surface area (Å²) >= 11 is 0. The van der Waals surface area contributed by atoms with E-state index in [2.05, 4.69) is 83.1 Å². The van der Waals surface area contributed by atoms with Gasteiger partial charge in [-0.2, -0.15) is 0 Å². The zero-order chi connectivity index (χ0) is 20.4. The van der Waals surface area contributed by atoms with Crippen LogP contribution in [0.25, 0.3) is 11.1 Å². The molecule has 0 fully saturated rings. The van der Waals surface area contributed by atoms with Gasteiger partial charge in [-0.05, 0) is 58.2 Å². The van der Waals surface area contributed by atoms with Gasteiger partial charge in [0.1, 0.15) is 5.75 Å². The topological polar surface area (TPSA) is 20.2 Å². The number of benzene rings is 3. The quantitative estimate of drug-likeness (QED) is 0.476. The Kier molecular flexibility index (Phi) is 5.65. The maximum absolute atomic E-state index is 9.48. The van der Waals surface area contributed by atoms with E-state index in [0.717, 1.165) is 24.0 Å². The molecule has 28 heavy (non-hydrogen) atoms. The molecule has 0 bridgehead atoms. The minimum absolute atomic E-state index is 0.0547. The second-order valence-corrected chi connectivity index (χ2v) is 8.59. The van der Waals surface area contributed by atoms with Gasteiger partial charge in [0.05, 0.1) is 0 Å². The van der Waals surface area contributed by atoms with Gasteiger partial charge < -0.3 is 5.11 Å². The Morgan fingerprint density at radius 1 is 0.571 bits per heavy atom. The first-order valence-electron chi connectivity index (χ1n) is 10.3. The van der Waals surface area contributed by atoms with Gasteiger partial charge in [-0.15, -0.1) is 0 Å². The molecule has 0 spiro atoms. The maximum atomic E-state index is 9.48. The number of phenolic OH excluding ortho intramolecular Hbond substituents is 1. The fourth-order valence-corrected chi connectivity index (χ4v) is 3.85. The minimum Gasteiger partial charge on any atom is -0.508 e. The lowest BCUT2D eigenvalue weighted by molar-refractivity contribution is 0.438. The van der Waals surface area contributed by atoms with Crippen LogP contribution in [-0.4, -0.2) is 5.11 Å². The second-order valence-electron chi connectivity index (χ2n) is 8.59. The molecule has 3 aromatic rings. The fraction of sp³-hybridized carbons (Fsp3) is 0.333. The highest BCUT2D eigenvalue weighted by Crippen LogP contribution is 2.36. The molecule has 3 rings (SSSR count). The Morgan fingerprint density at radius 3 is 1.36 bits per heavy atom. The zero-order valence-corrected chi connectivity index (χ0v) is 17.8. The molecule has 0 aliphatic heterocycles. The lowest BCUT2D eigenvalue weighted by Crippen LogP contribution is -2.21. The van der Waals surface area contributed by atoms with Crippen molar-refractivity contribution in [2.45, 2.75) is 58.3 Å². The monoisotopic (exact) mass is 372 g/mol. The van der Waals surface area contributed by atoms with Crippen molar-refractivity contribution in [3.8, 4) is 16.9 Å². The highest BCUT2D eigenvalue weighted by atomic mass is 16.3. The van der Waals surface area contributed by atoms with Crippen LogP contribution in [0.2, 0.25) is 0 Å². The SMILES string of the molecule is CCC(C)(CC)c1ccc(C(C)(C)c2ccc(-c3ccc(O)cc3)cc2)cc1. The summed E-state index contributed by atoms with van der Waals surface area (Å²) in [7, 11) is 0. The van der Waals surface area contributed by atoms with E-state index in [4.69, 9.17) is 0 Å². The number of rotatable bonds is 6. The lowest BCUT2D eigenvalue weighted by Gasteiger charge is -2.30. The molecule has 146 valence electrons. The second kappa shape index (κ2) is 7.83. The number of hydrogen-bond acceptors (Lipinski definition) is 1. The van der Waals surface area contributed by atoms with Crippen molar-refractivity contribution in [2.75, 3.05) is 0 Å². The molecule has 0 atom stereocenters. The normalized spacial score (nSPS) is 12.2. The minimum atomic E-state index is -0.0547. The van der Waals surface area contributed by atoms with Gasteiger partial charge >= 0.3 is 0 Å². The van der Waals surface area contributed by atoms with Crippen molar-refractivity contribution >= 4 is 0 Å². The zero-order valence-electron chi connectivity index (χ0n) is 17.8. The molecule has 0 heterocycles. The van der Waals surface area contributed by atoms with Crippen molar-refractivity contribution in [1.82, 2.24) is 0 Å². The summed E-state index contributed by atoms with van der Waals surface area (Å²) < 4.78 is 0. The van der Waals surface area contributed by atoms with Gasteiger partial charge in [0, 0.05) is 5.41 Å². The van der Waals surface area contributed by atoms with Gasteiger partial charge in [0.15, 0.2) is 0 Å². The van der Waals surface area contributed by atoms with E-state index in [9.17, 15) is 5.11 Å². The van der Waals surface area contributed by atoms with Crippen LogP contribution < -0.4 is 0 Å². The average Bonchev–Trinajstić information content (AvgIpc) is 2.74. The standard InChI is InChI=1S/C27H32O/c1-6-27(5,7-2)24-16-14-23(15-17-24)26(3,4)22-12-8-20(9-13-22)21-10-18-25(28)19-11-21/h8-19,28H,6-7H2,1-5H3. The van der Waals surface area contributed by atoms with Crippen LogP contribution in [-0.2, 0) is 10.8 Å². The third-order valence-electron chi connectivity index (χ3n) is 6.67. The Labute approximate surface area is 170 Å². The molecule has 0 radical (unpaired) electrons. The van der Waals surface area contributed by atoms with Crippen LogP contribution in [0.5, 0.6) is 5.75 Å². The molecule has 1 N–H and O–H groups in total. The van der Waals surface area contributed by atoms with Crippen LogP contribution >= 0.6 is 0 Å². The Hall–Kier alpha value is -2.54. The molecule has 0 aliphatic rings. The van der Waals surface area contributed by atoms with Crippen LogP contribution in [0.15, 0.2) is 72.8 Å². The first-order valence-corrected chi connectivity index (χ1v) is 10.3. The van der Waals surface area contributed by atoms with E-state index in [0.29, 0.717) is 5.75 Å². The summed E-state index contributed by atoms with van der Waals surface area (Å²) in [6.45, 7) is 11.5. The molecule has 0 saturated carbocycles. The summed E-state index contributed by atoms with van der Waals surface area (Å²) in [5.41, 5.74) is 6.55. The first-order chi connectivity index (χ1) is 13.3. The van der Waals surface area contributed by atoms with Crippen molar-refractivity contribution < 1.29 is 5.11 Å². The van der Waals surface area contributed by atoms with E-state index >= 15 is 0 Å². The summed E-state index contributed by atoms with van der Waals surface area (Å²) in [6, 6.07) is 25.4. The van der Waals surface area contributed by atoms with Gasteiger partial charge in [0.25, 0.3) is 0 Å². The smallest absolute Gasteiger partial charge is 0.115 e. The Bertz CT molecular complexity index is 896. The maximum Gasteiger partial charge on any atom is 0.115 e. The summed E-state index contributed by atoms with van der Waals surface area (Å²) in [5, 5.41) is 9.48. The van der Waals surface area contributed by atoms with Crippen molar-refractivity contribution in [3.63, 3.8) is 0 Å². The molecule has 0 amide bonds. The van der Waals surface area contributed by atoms with Gasteiger partial charge in [-0.3, -0.25) is 0 Å². The molecule has 3 aromatic carbocycles. The Balaban J connectivity index is 1.87. The summed E-state index contributed by atoms with van der Waals surface area (Å²) in [4.78, 5) is 0. The van der Waals surface area contributed by atoms with Crippen molar-refractivity contribution in [1.29, 1.82) is 0 Å². The lowest BCUT2D eigenvalue weighted by atomic mass is 9.74. The molecule has 0 saturated heterocycles. The molecule has 0 aromatic heterocycles. The number of phenols is 1. The van der Waals surface area contributed by atoms with Crippen LogP contribution in [0, 0.1) is 0 Å². The molecule has 0 aliphatic carbocycles. The van der Waals surface area contributed by atoms with E-state index in [1.54, 1.807) is 12.1 Å². The van der Waals surface area contributed by atoms with E-state index < -0.39 is 0 Å². The predicted molar refractivity (Wildman–Crippen MR) is 120 cm³/mol. The van der Waals surface area contributed by atoms with Gasteiger partial charge in [0.2, 0.25) is 0 Å². The van der Waals surface area contributed by atoms with E-state index in [1.807, 2.05) is 12.1 Å². The molecule has 1 heteroatoms. The van der Waals surface area contributed by atoms with Gasteiger partial charge in [-0.25, -0.2) is 0 Å². The third-order valence-corrected chi connectivity index (χ3v) is 6.67. The highest BCUT2D eigenvalue weighted by molar-refractivity contribution is 5.64. The van der Waals surface area contributed by atoms with E-state index in [1.165, 1.54) is 16.7 Å². The van der Waals surface area contributed by atoms with Crippen LogP contribution in [0.4, 0.5) is 0 Å². The molecular weight excluding hydrogens is 340 g/mol. The number of aromatic hydroxyl groups is 1. The number of hydrogen-bond donors (Lipinski definition) is 1. The van der Waals surface area contributed by atoms with Crippen LogP contribution in [0.3, 0.4) is 0 Å². The molecular formula is C27H32O. The predicted octanol–water partition coefficient (Wildman–Crippen LogP) is 7.46. The Morgan fingerprint density at radius 2 is 0.929 bits per heavy atom. The summed E-state index contributed by atoms with van der Waals surface area (Å²) in [6.07, 6.45) is 2.32. The van der Waals surface area contributed by atoms with Gasteiger partial charge in [-0.1, -0.05) is 95.3 Å². The largest absolute Gasteiger partial charge is 0.508 e. The molecule has 0 unspecified atom stereocenters. The third kappa shape index (κ3) is 3.85. The summed E-state index contributed by atoms with van der Waals surface area (Å²) in [5.74, 6) is 0.298. The molecule has 1 nitrogen and oxygen atoms in total. The van der Waals surface area contributed by atoms with Crippen LogP contribution in [0.1, 0.15) is 64.2 Å². The fourth-order valence-electron chi connectivity index (χ4n) is 3.85. The van der Waals surface area contributed by atoms with Crippen molar-refractivity contribution in [2.24, 2.45) is 0 Å². The first kappa shape index (κ1) is 20.2. The average molecular weight is 373 g/mol. The highest BCUT2D eigenvalue weighted by Gasteiger charge is 2.26. The van der Waals surface area contributed by atoms with E-state index in [-0.39, 0.29) is 10.8 Å². The van der Waals surface area contributed by atoms with Crippen molar-refractivity contribution in [3.05, 3.63) is 89.5 Å².